The number of rotatable bonds is 37. The van der Waals surface area contributed by atoms with Gasteiger partial charge < -0.3 is 63.4 Å². The van der Waals surface area contributed by atoms with E-state index in [0.717, 1.165) is 40.5 Å². The Balaban J connectivity index is 1.25. The number of aliphatic hydroxyl groups excluding tert-OH is 1. The van der Waals surface area contributed by atoms with Crippen LogP contribution in [-0.2, 0) is 64.0 Å². The number of hydrogen-bond acceptors (Lipinski definition) is 14. The first-order valence-electron chi connectivity index (χ1n) is 31.4. The molecule has 9 amide bonds. The number of unbranched alkanes of at least 4 members (excludes halogenated alkanes) is 4. The lowest BCUT2D eigenvalue weighted by atomic mass is 9.99. The van der Waals surface area contributed by atoms with E-state index in [1.807, 2.05) is 56.3 Å². The minimum absolute atomic E-state index is 0.0197. The molecule has 0 bridgehead atoms. The smallest absolute Gasteiger partial charge is 0.252 e. The maximum atomic E-state index is 15.0. The Morgan fingerprint density at radius 1 is 0.527 bits per heavy atom. The number of carbonyl (C=O) groups excluding carboxylic acids is 9. The third-order valence-corrected chi connectivity index (χ3v) is 15.8. The lowest BCUT2D eigenvalue weighted by Gasteiger charge is -2.32. The van der Waals surface area contributed by atoms with Crippen molar-refractivity contribution >= 4 is 75.5 Å². The number of amides is 9. The van der Waals surface area contributed by atoms with Gasteiger partial charge in [-0.25, -0.2) is 0 Å². The van der Waals surface area contributed by atoms with E-state index in [2.05, 4.69) is 52.5 Å². The fourth-order valence-electron chi connectivity index (χ4n) is 10.5. The number of nitrogens with one attached hydrogen (secondary N) is 8. The molecular formula is C69H87ClN12O11. The fraction of sp³-hybridized carbons (Fsp3) is 0.406. The Morgan fingerprint density at radius 3 is 1.69 bits per heavy atom. The lowest BCUT2D eigenvalue weighted by molar-refractivity contribution is -0.144. The second-order valence-corrected chi connectivity index (χ2v) is 23.9. The van der Waals surface area contributed by atoms with Crippen LogP contribution in [-0.4, -0.2) is 154 Å². The van der Waals surface area contributed by atoms with Gasteiger partial charge in [-0.2, -0.15) is 0 Å². The average molecular weight is 1300 g/mol. The molecular weight excluding hydrogens is 1210 g/mol. The average Bonchev–Trinajstić information content (AvgIpc) is 1.05. The van der Waals surface area contributed by atoms with E-state index < -0.39 is 96.2 Å². The van der Waals surface area contributed by atoms with Gasteiger partial charge in [0.25, 0.3) is 5.91 Å². The molecule has 23 nitrogen and oxygen atoms in total. The van der Waals surface area contributed by atoms with E-state index in [1.165, 1.54) is 56.8 Å². The summed E-state index contributed by atoms with van der Waals surface area (Å²) in [6, 6.07) is 22.8. The fourth-order valence-corrected chi connectivity index (χ4v) is 10.6. The SMILES string of the molecule is CC(=O)N[C@H](Cc1ccc2ccccc2c1)C(=O)N[C@H](Cc1ccc(Cl)cc1)C(=O)N[C@H](Cc1cccnc1)C(=O)N[C@@H](CO)C(=O)N(C)[C@@H](Cc1ccc(O)cc1)C(=O)N[C@H](CCCCNC(=O)c1cccnc1)C(=O)N[C@@H](CC(C)C)C(=O)NCCCCCCN. The van der Waals surface area contributed by atoms with Crippen molar-refractivity contribution in [2.45, 2.75) is 140 Å². The van der Waals surface area contributed by atoms with Crippen LogP contribution in [0.3, 0.4) is 0 Å². The molecule has 24 heteroatoms. The van der Waals surface area contributed by atoms with Crippen molar-refractivity contribution in [2.75, 3.05) is 33.3 Å². The van der Waals surface area contributed by atoms with Crippen molar-refractivity contribution in [3.05, 3.63) is 173 Å². The van der Waals surface area contributed by atoms with Crippen LogP contribution in [0, 0.1) is 5.92 Å². The van der Waals surface area contributed by atoms with Crippen molar-refractivity contribution in [3.63, 3.8) is 0 Å². The molecule has 2 aromatic heterocycles. The Bertz CT molecular complexity index is 3420. The topological polar surface area (TPSA) is 345 Å². The summed E-state index contributed by atoms with van der Waals surface area (Å²) < 4.78 is 0. The number of hydrogen-bond donors (Lipinski definition) is 11. The normalized spacial score (nSPS) is 13.4. The van der Waals surface area contributed by atoms with Crippen molar-refractivity contribution < 1.29 is 53.4 Å². The van der Waals surface area contributed by atoms with Crippen LogP contribution in [0.15, 0.2) is 140 Å². The summed E-state index contributed by atoms with van der Waals surface area (Å²) in [6.45, 7) is 5.22. The van der Waals surface area contributed by atoms with Gasteiger partial charge in [-0.05, 0) is 126 Å². The third-order valence-electron chi connectivity index (χ3n) is 15.5. The Hall–Kier alpha value is -9.32. The van der Waals surface area contributed by atoms with Gasteiger partial charge in [0.15, 0.2) is 0 Å². The first kappa shape index (κ1) is 72.7. The molecule has 0 aliphatic carbocycles. The number of aromatic nitrogens is 2. The number of phenolic OH excluding ortho intramolecular Hbond substituents is 1. The van der Waals surface area contributed by atoms with Gasteiger partial charge in [-0.3, -0.25) is 53.1 Å². The third kappa shape index (κ3) is 24.3. The first-order chi connectivity index (χ1) is 44.7. The zero-order valence-electron chi connectivity index (χ0n) is 53.1. The zero-order chi connectivity index (χ0) is 67.2. The van der Waals surface area contributed by atoms with E-state index in [9.17, 15) is 53.4 Å². The number of pyridine rings is 2. The molecule has 0 aliphatic rings. The van der Waals surface area contributed by atoms with Gasteiger partial charge in [0.05, 0.1) is 12.2 Å². The molecule has 0 radical (unpaired) electrons. The molecule has 0 fully saturated rings. The van der Waals surface area contributed by atoms with E-state index >= 15 is 0 Å². The number of aliphatic hydroxyl groups is 1. The quantitative estimate of drug-likeness (QED) is 0.0243. The highest BCUT2D eigenvalue weighted by atomic mass is 35.5. The Kier molecular flexibility index (Phi) is 29.6. The molecule has 0 saturated carbocycles. The number of phenols is 1. The molecule has 6 rings (SSSR count). The molecule has 0 spiro atoms. The molecule has 0 unspecified atom stereocenters. The van der Waals surface area contributed by atoms with Crippen molar-refractivity contribution in [1.82, 2.24) is 57.4 Å². The Labute approximate surface area is 547 Å². The molecule has 2 heterocycles. The summed E-state index contributed by atoms with van der Waals surface area (Å²) in [6.07, 6.45) is 9.76. The van der Waals surface area contributed by atoms with Gasteiger partial charge in [0.1, 0.15) is 48.0 Å². The van der Waals surface area contributed by atoms with E-state index in [4.69, 9.17) is 17.3 Å². The van der Waals surface area contributed by atoms with Crippen molar-refractivity contribution in [1.29, 1.82) is 0 Å². The second-order valence-electron chi connectivity index (χ2n) is 23.5. The number of aromatic hydroxyl groups is 1. The minimum Gasteiger partial charge on any atom is -0.508 e. The van der Waals surface area contributed by atoms with E-state index in [-0.39, 0.29) is 62.6 Å². The van der Waals surface area contributed by atoms with Gasteiger partial charge in [-0.15, -0.1) is 0 Å². The summed E-state index contributed by atoms with van der Waals surface area (Å²) >= 11 is 6.24. The standard InChI is InChI=1S/C69H87ClN12O11/c1-44(2)35-56(63(87)75-33-11-6-5-10-30-71)78-64(88)55(19-9-12-34-74-62(86)52-18-14-32-73-42-52)77-68(92)61(40-47-23-28-54(85)29-24-47)82(4)69(93)60(43-83)81-67(91)59(39-49-15-13-31-72-41-49)80-66(90)58(37-46-21-26-53(70)27-22-46)79-65(89)57(76-45(3)84)38-48-20-25-50-16-7-8-17-51(50)36-48/h7-8,13-18,20-29,31-32,36,41-42,44,55-61,83,85H,5-6,9-12,19,30,33-35,37-40,43,71H2,1-4H3,(H,74,86)(H,75,87)(H,76,84)(H,77,92)(H,78,88)(H,79,89)(H,80,90)(H,81,91)/t55-,56+,57-,58-,59-,60+,61+/m1/s1. The van der Waals surface area contributed by atoms with Crippen molar-refractivity contribution in [2.24, 2.45) is 11.7 Å². The highest BCUT2D eigenvalue weighted by Crippen LogP contribution is 2.20. The number of halogens is 1. The first-order valence-corrected chi connectivity index (χ1v) is 31.8. The van der Waals surface area contributed by atoms with Crippen molar-refractivity contribution in [3.8, 4) is 5.75 Å². The van der Waals surface area contributed by atoms with Gasteiger partial charge >= 0.3 is 0 Å². The van der Waals surface area contributed by atoms with Crippen LogP contribution in [0.5, 0.6) is 5.75 Å². The Morgan fingerprint density at radius 2 is 1.06 bits per heavy atom. The predicted octanol–water partition coefficient (Wildman–Crippen LogP) is 4.29. The number of carbonyl (C=O) groups is 9. The van der Waals surface area contributed by atoms with Crippen LogP contribution in [0.1, 0.15) is 105 Å². The molecule has 12 N–H and O–H groups in total. The molecule has 496 valence electrons. The van der Waals surface area contributed by atoms with Crippen LogP contribution in [0.25, 0.3) is 10.8 Å². The number of nitrogens with zero attached hydrogens (tertiary/aromatic N) is 3. The summed E-state index contributed by atoms with van der Waals surface area (Å²) in [4.78, 5) is 137. The minimum atomic E-state index is -1.75. The molecule has 4 aromatic carbocycles. The highest BCUT2D eigenvalue weighted by molar-refractivity contribution is 6.30. The molecule has 0 saturated heterocycles. The van der Waals surface area contributed by atoms with Crippen LogP contribution in [0.4, 0.5) is 0 Å². The lowest BCUT2D eigenvalue weighted by Crippen LogP contribution is -2.61. The van der Waals surface area contributed by atoms with Gasteiger partial charge in [0, 0.05) is 82.6 Å². The number of fused-ring (bicyclic) bond motifs is 1. The predicted molar refractivity (Wildman–Crippen MR) is 354 cm³/mol. The second kappa shape index (κ2) is 37.9. The largest absolute Gasteiger partial charge is 0.508 e. The van der Waals surface area contributed by atoms with Crippen LogP contribution < -0.4 is 48.3 Å². The maximum absolute atomic E-state index is 15.0. The maximum Gasteiger partial charge on any atom is 0.252 e. The number of benzene rings is 4. The highest BCUT2D eigenvalue weighted by Gasteiger charge is 2.37. The molecule has 7 atom stereocenters. The summed E-state index contributed by atoms with van der Waals surface area (Å²) in [7, 11) is 1.29. The summed E-state index contributed by atoms with van der Waals surface area (Å²) in [5.74, 6) is -6.32. The van der Waals surface area contributed by atoms with Crippen LogP contribution in [0.2, 0.25) is 5.02 Å². The zero-order valence-corrected chi connectivity index (χ0v) is 53.8. The van der Waals surface area contributed by atoms with Crippen LogP contribution >= 0.6 is 11.6 Å². The summed E-state index contributed by atoms with van der Waals surface area (Å²) in [5, 5.41) is 45.8. The van der Waals surface area contributed by atoms with Gasteiger partial charge in [0.2, 0.25) is 47.3 Å². The van der Waals surface area contributed by atoms with E-state index in [0.29, 0.717) is 59.6 Å². The molecule has 93 heavy (non-hydrogen) atoms. The molecule has 0 aliphatic heterocycles. The molecule has 6 aromatic rings. The number of likely N-dealkylation sites (N-methyl/N-ethyl adjacent to an activating group) is 1. The monoisotopic (exact) mass is 1290 g/mol. The number of nitrogens with two attached hydrogens (primary N) is 1. The van der Waals surface area contributed by atoms with Gasteiger partial charge in [-0.1, -0.05) is 111 Å². The van der Waals surface area contributed by atoms with E-state index in [1.54, 1.807) is 54.7 Å². The summed E-state index contributed by atoms with van der Waals surface area (Å²) in [5.41, 5.74) is 8.26.